The molecule has 0 aliphatic rings. The Bertz CT molecular complexity index is 874. The second-order valence-corrected chi connectivity index (χ2v) is 8.34. The molecule has 1 unspecified atom stereocenters. The van der Waals surface area contributed by atoms with Crippen molar-refractivity contribution in [3.05, 3.63) is 71.3 Å². The van der Waals surface area contributed by atoms with Crippen LogP contribution in [-0.2, 0) is 25.1 Å². The second-order valence-electron chi connectivity index (χ2n) is 6.20. The number of amides is 1. The summed E-state index contributed by atoms with van der Waals surface area (Å²) in [5, 5.41) is 0. The fourth-order valence-corrected chi connectivity index (χ4v) is 3.14. The molecule has 6 nitrogen and oxygen atoms in total. The Morgan fingerprint density at radius 3 is 2.08 bits per heavy atom. The number of esters is 1. The third kappa shape index (κ3) is 5.42. The average Bonchev–Trinajstić information content (AvgIpc) is 2.58. The average molecular weight is 375 g/mol. The lowest BCUT2D eigenvalue weighted by Gasteiger charge is -2.21. The van der Waals surface area contributed by atoms with Crippen molar-refractivity contribution in [2.24, 2.45) is 0 Å². The number of likely N-dealkylation sites (N-methyl/N-ethyl adjacent to an activating group) is 1. The summed E-state index contributed by atoms with van der Waals surface area (Å²) in [6, 6.07) is 14.9. The zero-order chi connectivity index (χ0) is 19.3. The predicted molar refractivity (Wildman–Crippen MR) is 98.3 cm³/mol. The van der Waals surface area contributed by atoms with Crippen molar-refractivity contribution in [1.82, 2.24) is 4.90 Å². The Labute approximate surface area is 153 Å². The van der Waals surface area contributed by atoms with Gasteiger partial charge in [0, 0.05) is 25.9 Å². The normalized spacial score (nSPS) is 12.3. The Morgan fingerprint density at radius 1 is 1.00 bits per heavy atom. The number of hydrogen-bond acceptors (Lipinski definition) is 5. The molecule has 0 aliphatic heterocycles. The molecule has 0 spiro atoms. The maximum absolute atomic E-state index is 12.4. The van der Waals surface area contributed by atoms with E-state index in [1.165, 1.54) is 17.0 Å². The Balaban J connectivity index is 2.20. The maximum atomic E-state index is 12.4. The minimum atomic E-state index is -3.15. The van der Waals surface area contributed by atoms with Crippen molar-refractivity contribution < 1.29 is 22.7 Å². The number of benzene rings is 2. The van der Waals surface area contributed by atoms with E-state index in [-0.39, 0.29) is 17.2 Å². The van der Waals surface area contributed by atoms with E-state index in [4.69, 9.17) is 4.74 Å². The predicted octanol–water partition coefficient (Wildman–Crippen LogP) is 2.22. The molecule has 0 N–H and O–H groups in total. The summed E-state index contributed by atoms with van der Waals surface area (Å²) in [4.78, 5) is 26.2. The molecular formula is C19H21NO5S. The molecule has 0 aromatic heterocycles. The summed E-state index contributed by atoms with van der Waals surface area (Å²) in [7, 11) is 0.0263. The van der Waals surface area contributed by atoms with E-state index in [0.29, 0.717) is 11.1 Å². The van der Waals surface area contributed by atoms with Crippen LogP contribution in [0.1, 0.15) is 27.6 Å². The van der Waals surface area contributed by atoms with Gasteiger partial charge in [-0.2, -0.15) is 0 Å². The first-order valence-electron chi connectivity index (χ1n) is 7.91. The summed E-state index contributed by atoms with van der Waals surface area (Å²) in [5.41, 5.74) is 1.40. The Hall–Kier alpha value is -2.67. The Kier molecular flexibility index (Phi) is 6.15. The number of carbonyl (C=O) groups is 2. The van der Waals surface area contributed by atoms with Gasteiger partial charge in [-0.15, -0.1) is 0 Å². The number of rotatable bonds is 6. The van der Waals surface area contributed by atoms with Crippen LogP contribution in [0.3, 0.4) is 0 Å². The van der Waals surface area contributed by atoms with Crippen LogP contribution in [-0.4, -0.2) is 45.5 Å². The molecule has 0 bridgehead atoms. The number of sulfone groups is 1. The lowest BCUT2D eigenvalue weighted by Crippen LogP contribution is -2.31. The van der Waals surface area contributed by atoms with Crippen LogP contribution in [0.25, 0.3) is 0 Å². The van der Waals surface area contributed by atoms with Gasteiger partial charge in [-0.25, -0.2) is 13.2 Å². The SMILES string of the molecule is CN(C)C(=O)C(OC(=O)c1ccc(CS(C)(=O)=O)cc1)c1ccccc1. The molecule has 7 heteroatoms. The molecule has 2 rings (SSSR count). The molecule has 1 amide bonds. The van der Waals surface area contributed by atoms with Gasteiger partial charge in [0.05, 0.1) is 11.3 Å². The van der Waals surface area contributed by atoms with Crippen molar-refractivity contribution in [3.63, 3.8) is 0 Å². The van der Waals surface area contributed by atoms with Gasteiger partial charge in [0.2, 0.25) is 6.10 Å². The molecule has 0 saturated heterocycles. The Morgan fingerprint density at radius 2 is 1.58 bits per heavy atom. The first kappa shape index (κ1) is 19.7. The van der Waals surface area contributed by atoms with E-state index in [1.807, 2.05) is 6.07 Å². The highest BCUT2D eigenvalue weighted by Gasteiger charge is 2.27. The standard InChI is InChI=1S/C19H21NO5S/c1-20(2)18(21)17(15-7-5-4-6-8-15)25-19(22)16-11-9-14(10-12-16)13-26(3,23)24/h4-12,17H,13H2,1-3H3. The van der Waals surface area contributed by atoms with Crippen molar-refractivity contribution in [3.8, 4) is 0 Å². The zero-order valence-electron chi connectivity index (χ0n) is 14.9. The highest BCUT2D eigenvalue weighted by Crippen LogP contribution is 2.21. The minimum Gasteiger partial charge on any atom is -0.444 e. The van der Waals surface area contributed by atoms with Crippen LogP contribution >= 0.6 is 0 Å². The first-order valence-corrected chi connectivity index (χ1v) is 9.97. The monoisotopic (exact) mass is 375 g/mol. The van der Waals surface area contributed by atoms with E-state index < -0.39 is 21.9 Å². The van der Waals surface area contributed by atoms with Crippen LogP contribution in [0.4, 0.5) is 0 Å². The van der Waals surface area contributed by atoms with Gasteiger partial charge in [-0.05, 0) is 17.7 Å². The molecule has 2 aromatic carbocycles. The van der Waals surface area contributed by atoms with Crippen molar-refractivity contribution in [2.75, 3.05) is 20.4 Å². The van der Waals surface area contributed by atoms with Gasteiger partial charge < -0.3 is 9.64 Å². The molecule has 0 aliphatic carbocycles. The van der Waals surface area contributed by atoms with Crippen LogP contribution in [0.2, 0.25) is 0 Å². The number of nitrogens with zero attached hydrogens (tertiary/aromatic N) is 1. The van der Waals surface area contributed by atoms with Crippen LogP contribution in [0.5, 0.6) is 0 Å². The van der Waals surface area contributed by atoms with Crippen molar-refractivity contribution in [2.45, 2.75) is 11.9 Å². The van der Waals surface area contributed by atoms with Gasteiger partial charge >= 0.3 is 5.97 Å². The molecule has 0 heterocycles. The fourth-order valence-electron chi connectivity index (χ4n) is 2.34. The van der Waals surface area contributed by atoms with E-state index in [2.05, 4.69) is 0 Å². The van der Waals surface area contributed by atoms with Crippen molar-refractivity contribution >= 4 is 21.7 Å². The lowest BCUT2D eigenvalue weighted by atomic mass is 10.1. The fraction of sp³-hybridized carbons (Fsp3) is 0.263. The summed E-state index contributed by atoms with van der Waals surface area (Å²) in [6.07, 6.45) is 0.0985. The molecule has 0 radical (unpaired) electrons. The summed E-state index contributed by atoms with van der Waals surface area (Å²) < 4.78 is 28.1. The maximum Gasteiger partial charge on any atom is 0.339 e. The third-order valence-electron chi connectivity index (χ3n) is 3.61. The quantitative estimate of drug-likeness (QED) is 0.723. The molecule has 138 valence electrons. The summed E-state index contributed by atoms with van der Waals surface area (Å²) in [6.45, 7) is 0. The molecule has 0 fully saturated rings. The summed E-state index contributed by atoms with van der Waals surface area (Å²) >= 11 is 0. The zero-order valence-corrected chi connectivity index (χ0v) is 15.7. The number of hydrogen-bond donors (Lipinski definition) is 0. The third-order valence-corrected chi connectivity index (χ3v) is 4.47. The van der Waals surface area contributed by atoms with Crippen LogP contribution in [0, 0.1) is 0 Å². The first-order chi connectivity index (χ1) is 12.2. The van der Waals surface area contributed by atoms with Crippen molar-refractivity contribution in [1.29, 1.82) is 0 Å². The van der Waals surface area contributed by atoms with Gasteiger partial charge in [0.1, 0.15) is 0 Å². The molecule has 1 atom stereocenters. The van der Waals surface area contributed by atoms with Crippen LogP contribution in [0.15, 0.2) is 54.6 Å². The van der Waals surface area contributed by atoms with E-state index >= 15 is 0 Å². The van der Waals surface area contributed by atoms with E-state index in [1.54, 1.807) is 50.5 Å². The lowest BCUT2D eigenvalue weighted by molar-refractivity contribution is -0.138. The van der Waals surface area contributed by atoms with E-state index in [0.717, 1.165) is 6.26 Å². The number of carbonyl (C=O) groups excluding carboxylic acids is 2. The van der Waals surface area contributed by atoms with Gasteiger partial charge in [0.25, 0.3) is 5.91 Å². The molecule has 2 aromatic rings. The highest BCUT2D eigenvalue weighted by atomic mass is 32.2. The highest BCUT2D eigenvalue weighted by molar-refractivity contribution is 7.89. The summed E-state index contributed by atoms with van der Waals surface area (Å²) in [5.74, 6) is -1.10. The van der Waals surface area contributed by atoms with Gasteiger partial charge in [-0.3, -0.25) is 4.79 Å². The smallest absolute Gasteiger partial charge is 0.339 e. The second kappa shape index (κ2) is 8.14. The van der Waals surface area contributed by atoms with Gasteiger partial charge in [0.15, 0.2) is 9.84 Å². The number of ether oxygens (including phenoxy) is 1. The molecular weight excluding hydrogens is 354 g/mol. The van der Waals surface area contributed by atoms with E-state index in [9.17, 15) is 18.0 Å². The topological polar surface area (TPSA) is 80.8 Å². The largest absolute Gasteiger partial charge is 0.444 e. The minimum absolute atomic E-state index is 0.103. The van der Waals surface area contributed by atoms with Gasteiger partial charge in [-0.1, -0.05) is 42.5 Å². The molecule has 26 heavy (non-hydrogen) atoms. The van der Waals surface area contributed by atoms with Crippen LogP contribution < -0.4 is 0 Å². The molecule has 0 saturated carbocycles.